The Kier molecular flexibility index (Phi) is 4.67. The number of halogens is 3. The van der Waals surface area contributed by atoms with Gasteiger partial charge in [-0.15, -0.1) is 0 Å². The number of aromatic nitrogens is 2. The molecule has 0 saturated heterocycles. The fraction of sp³-hybridized carbons (Fsp3) is 0.0476. The average Bonchev–Trinajstić information content (AvgIpc) is 3.10. The molecule has 5 nitrogen and oxygen atoms in total. The molecule has 0 unspecified atom stereocenters. The molecule has 0 fully saturated rings. The predicted octanol–water partition coefficient (Wildman–Crippen LogP) is 5.89. The first-order valence-electron chi connectivity index (χ1n) is 8.68. The summed E-state index contributed by atoms with van der Waals surface area (Å²) >= 11 is 0. The highest BCUT2D eigenvalue weighted by molar-refractivity contribution is 6.05. The van der Waals surface area contributed by atoms with Gasteiger partial charge in [-0.1, -0.05) is 30.3 Å². The molecule has 0 aliphatic heterocycles. The van der Waals surface area contributed by atoms with E-state index in [1.165, 1.54) is 12.1 Å². The van der Waals surface area contributed by atoms with Crippen LogP contribution in [0.3, 0.4) is 0 Å². The lowest BCUT2D eigenvalue weighted by atomic mass is 10.1. The summed E-state index contributed by atoms with van der Waals surface area (Å²) in [7, 11) is 0. The number of anilines is 2. The summed E-state index contributed by atoms with van der Waals surface area (Å²) in [6.07, 6.45) is -1.08. The van der Waals surface area contributed by atoms with Crippen LogP contribution < -0.4 is 10.6 Å². The number of carbonyl (C=O) groups excluding carboxylic acids is 1. The Morgan fingerprint density at radius 1 is 0.931 bits per heavy atom. The molecule has 2 amide bonds. The van der Waals surface area contributed by atoms with Gasteiger partial charge in [-0.2, -0.15) is 13.2 Å². The van der Waals surface area contributed by atoms with Crippen molar-refractivity contribution in [3.05, 3.63) is 78.6 Å². The summed E-state index contributed by atoms with van der Waals surface area (Å²) in [6, 6.07) is 15.2. The number of fused-ring (bicyclic) bond motifs is 1. The van der Waals surface area contributed by atoms with Gasteiger partial charge in [0, 0.05) is 29.0 Å². The molecule has 0 aliphatic carbocycles. The van der Waals surface area contributed by atoms with Gasteiger partial charge in [-0.3, -0.25) is 0 Å². The number of aromatic amines is 1. The van der Waals surface area contributed by atoms with Gasteiger partial charge >= 0.3 is 12.2 Å². The second-order valence-corrected chi connectivity index (χ2v) is 6.34. The summed E-state index contributed by atoms with van der Waals surface area (Å²) in [4.78, 5) is 19.6. The normalized spacial score (nSPS) is 11.4. The monoisotopic (exact) mass is 396 g/mol. The van der Waals surface area contributed by atoms with Gasteiger partial charge in [0.2, 0.25) is 0 Å². The van der Waals surface area contributed by atoms with Crippen molar-refractivity contribution in [3.63, 3.8) is 0 Å². The molecule has 0 radical (unpaired) electrons. The highest BCUT2D eigenvalue weighted by atomic mass is 19.4. The molecule has 8 heteroatoms. The van der Waals surface area contributed by atoms with Crippen molar-refractivity contribution >= 4 is 28.4 Å². The fourth-order valence-electron chi connectivity index (χ4n) is 2.92. The Balaban J connectivity index is 1.52. The quantitative estimate of drug-likeness (QED) is 0.404. The van der Waals surface area contributed by atoms with Crippen LogP contribution >= 0.6 is 0 Å². The van der Waals surface area contributed by atoms with Gasteiger partial charge in [0.15, 0.2) is 0 Å². The summed E-state index contributed by atoms with van der Waals surface area (Å²) < 4.78 is 37.9. The molecule has 3 N–H and O–H groups in total. The first kappa shape index (κ1) is 18.5. The Hall–Kier alpha value is -3.81. The number of H-pyrrole nitrogens is 1. The molecule has 2 heterocycles. The molecular formula is C21H15F3N4O. The number of amides is 2. The largest absolute Gasteiger partial charge is 0.416 e. The Morgan fingerprint density at radius 2 is 1.66 bits per heavy atom. The van der Waals surface area contributed by atoms with Crippen LogP contribution in [0.4, 0.5) is 29.3 Å². The first-order valence-corrected chi connectivity index (χ1v) is 8.68. The second kappa shape index (κ2) is 7.31. The number of benzene rings is 2. The number of urea groups is 1. The minimum absolute atomic E-state index is 0.249. The van der Waals surface area contributed by atoms with Crippen LogP contribution in [-0.4, -0.2) is 16.0 Å². The van der Waals surface area contributed by atoms with Gasteiger partial charge in [0.1, 0.15) is 5.65 Å². The molecule has 29 heavy (non-hydrogen) atoms. The van der Waals surface area contributed by atoms with Crippen LogP contribution in [0, 0.1) is 0 Å². The smallest absolute Gasteiger partial charge is 0.344 e. The van der Waals surface area contributed by atoms with Gasteiger partial charge in [0.25, 0.3) is 0 Å². The Bertz CT molecular complexity index is 1150. The number of hydrogen-bond acceptors (Lipinski definition) is 2. The molecule has 0 bridgehead atoms. The number of pyridine rings is 1. The van der Waals surface area contributed by atoms with Gasteiger partial charge < -0.3 is 15.6 Å². The van der Waals surface area contributed by atoms with Crippen molar-refractivity contribution in [2.45, 2.75) is 6.18 Å². The van der Waals surface area contributed by atoms with Gasteiger partial charge in [0.05, 0.1) is 11.3 Å². The number of alkyl halides is 3. The molecule has 0 saturated carbocycles. The van der Waals surface area contributed by atoms with Crippen LogP contribution in [-0.2, 0) is 6.18 Å². The minimum Gasteiger partial charge on any atom is -0.344 e. The first-order chi connectivity index (χ1) is 13.9. The second-order valence-electron chi connectivity index (χ2n) is 6.34. The molecule has 2 aromatic heterocycles. The minimum atomic E-state index is -4.42. The molecule has 2 aromatic carbocycles. The molecule has 0 spiro atoms. The van der Waals surface area contributed by atoms with E-state index in [2.05, 4.69) is 20.6 Å². The van der Waals surface area contributed by atoms with E-state index >= 15 is 0 Å². The topological polar surface area (TPSA) is 69.8 Å². The summed E-state index contributed by atoms with van der Waals surface area (Å²) in [5.41, 5.74) is 2.47. The van der Waals surface area contributed by atoms with Crippen molar-refractivity contribution in [1.82, 2.24) is 9.97 Å². The number of nitrogens with zero attached hydrogens (tertiary/aromatic N) is 1. The number of hydrogen-bond donors (Lipinski definition) is 3. The van der Waals surface area contributed by atoms with E-state index < -0.39 is 17.8 Å². The third-order valence-electron chi connectivity index (χ3n) is 4.36. The zero-order valence-electron chi connectivity index (χ0n) is 14.9. The highest BCUT2D eigenvalue weighted by Crippen LogP contribution is 2.30. The molecule has 0 aliphatic rings. The van der Waals surface area contributed by atoms with Crippen LogP contribution in [0.15, 0.2) is 73.1 Å². The standard InChI is InChI=1S/C21H15F3N4O/c22-21(23,24)15-6-8-16(9-7-15)27-20(29)28-18-12-26-19-17(18)10-14(11-25-19)13-4-2-1-3-5-13/h1-12H,(H,25,26)(H2,27,28,29). The van der Waals surface area contributed by atoms with Crippen molar-refractivity contribution in [3.8, 4) is 11.1 Å². The molecule has 146 valence electrons. The summed E-state index contributed by atoms with van der Waals surface area (Å²) in [5, 5.41) is 5.93. The van der Waals surface area contributed by atoms with Crippen LogP contribution in [0.25, 0.3) is 22.2 Å². The van der Waals surface area contributed by atoms with Crippen LogP contribution in [0.1, 0.15) is 5.56 Å². The SMILES string of the molecule is O=C(Nc1ccc(C(F)(F)F)cc1)Nc1c[nH]c2ncc(-c3ccccc3)cc12. The van der Waals surface area contributed by atoms with E-state index in [0.717, 1.165) is 23.3 Å². The maximum absolute atomic E-state index is 12.6. The zero-order valence-corrected chi connectivity index (χ0v) is 14.9. The zero-order chi connectivity index (χ0) is 20.4. The third kappa shape index (κ3) is 4.06. The van der Waals surface area contributed by atoms with Gasteiger partial charge in [-0.05, 0) is 35.9 Å². The molecule has 4 aromatic rings. The third-order valence-corrected chi connectivity index (χ3v) is 4.36. The van der Waals surface area contributed by atoms with Crippen LogP contribution in [0.5, 0.6) is 0 Å². The maximum Gasteiger partial charge on any atom is 0.416 e. The summed E-state index contributed by atoms with van der Waals surface area (Å²) in [6.45, 7) is 0. The van der Waals surface area contributed by atoms with Gasteiger partial charge in [-0.25, -0.2) is 9.78 Å². The van der Waals surface area contributed by atoms with E-state index in [9.17, 15) is 18.0 Å². The van der Waals surface area contributed by atoms with E-state index in [1.54, 1.807) is 12.4 Å². The number of nitrogens with one attached hydrogen (secondary N) is 3. The average molecular weight is 396 g/mol. The molecule has 4 rings (SSSR count). The predicted molar refractivity (Wildman–Crippen MR) is 106 cm³/mol. The lowest BCUT2D eigenvalue weighted by molar-refractivity contribution is -0.137. The molecular weight excluding hydrogens is 381 g/mol. The van der Waals surface area contributed by atoms with Crippen molar-refractivity contribution < 1.29 is 18.0 Å². The van der Waals surface area contributed by atoms with Crippen LogP contribution in [0.2, 0.25) is 0 Å². The van der Waals surface area contributed by atoms with E-state index in [1.807, 2.05) is 36.4 Å². The molecule has 0 atom stereocenters. The maximum atomic E-state index is 12.6. The number of rotatable bonds is 3. The fourth-order valence-corrected chi connectivity index (χ4v) is 2.92. The van der Waals surface area contributed by atoms with Crippen molar-refractivity contribution in [2.75, 3.05) is 10.6 Å². The van der Waals surface area contributed by atoms with E-state index in [-0.39, 0.29) is 5.69 Å². The highest BCUT2D eigenvalue weighted by Gasteiger charge is 2.30. The van der Waals surface area contributed by atoms with Crippen molar-refractivity contribution in [1.29, 1.82) is 0 Å². The van der Waals surface area contributed by atoms with E-state index in [0.29, 0.717) is 16.7 Å². The number of carbonyl (C=O) groups is 1. The van der Waals surface area contributed by atoms with Crippen molar-refractivity contribution in [2.24, 2.45) is 0 Å². The van der Waals surface area contributed by atoms with E-state index in [4.69, 9.17) is 0 Å². The Labute approximate surface area is 163 Å². The lowest BCUT2D eigenvalue weighted by Gasteiger charge is -2.09. The lowest BCUT2D eigenvalue weighted by Crippen LogP contribution is -2.19. The summed E-state index contributed by atoms with van der Waals surface area (Å²) in [5.74, 6) is 0. The Morgan fingerprint density at radius 3 is 2.34 bits per heavy atom.